The molecule has 7 heteroatoms. The van der Waals surface area contributed by atoms with Gasteiger partial charge >= 0.3 is 5.97 Å². The lowest BCUT2D eigenvalue weighted by Crippen LogP contribution is -2.53. The van der Waals surface area contributed by atoms with Crippen molar-refractivity contribution in [1.82, 2.24) is 0 Å². The van der Waals surface area contributed by atoms with Gasteiger partial charge in [-0.3, -0.25) is 9.59 Å². The Morgan fingerprint density at radius 3 is 2.64 bits per heavy atom. The first-order valence-electron chi connectivity index (χ1n) is 11.2. The van der Waals surface area contributed by atoms with Crippen LogP contribution in [-0.2, 0) is 20.7 Å². The Balaban J connectivity index is 2.00. The summed E-state index contributed by atoms with van der Waals surface area (Å²) < 4.78 is 11.9. The van der Waals surface area contributed by atoms with E-state index >= 15 is 0 Å². The first-order valence-corrected chi connectivity index (χ1v) is 11.6. The summed E-state index contributed by atoms with van der Waals surface area (Å²) in [5.41, 5.74) is 4.05. The lowest BCUT2D eigenvalue weighted by atomic mass is 9.78. The average Bonchev–Trinajstić information content (AvgIpc) is 2.84. The van der Waals surface area contributed by atoms with Crippen LogP contribution in [0, 0.1) is 12.3 Å². The summed E-state index contributed by atoms with van der Waals surface area (Å²) in [6.07, 6.45) is -0.653. The molecule has 6 nitrogen and oxygen atoms in total. The van der Waals surface area contributed by atoms with E-state index < -0.39 is 24.6 Å². The molecule has 4 rings (SSSR count). The predicted molar refractivity (Wildman–Crippen MR) is 127 cm³/mol. The highest BCUT2D eigenvalue weighted by Crippen LogP contribution is 2.49. The number of hydrogen-bond donors (Lipinski definition) is 1. The highest BCUT2D eigenvalue weighted by atomic mass is 35.5. The molecule has 3 atom stereocenters. The van der Waals surface area contributed by atoms with E-state index in [-0.39, 0.29) is 17.4 Å². The van der Waals surface area contributed by atoms with Crippen molar-refractivity contribution in [1.29, 1.82) is 0 Å². The van der Waals surface area contributed by atoms with Crippen molar-refractivity contribution in [2.75, 3.05) is 12.0 Å². The summed E-state index contributed by atoms with van der Waals surface area (Å²) in [4.78, 5) is 27.4. The number of amides is 1. The standard InChI is InChI=1S/C26H30ClNO5/c1-14-17(7-6-8-19(14)32-5)24-18-12-16(27)11-15-9-10-21(26(2,3)4)28(23(15)18)25(31)20(33-24)13-22(29)30/h6-8,11-12,20-21,24H,9-10,13H2,1-5H3,(H,29,30)/t20-,21+,24-/m1/s1. The van der Waals surface area contributed by atoms with Gasteiger partial charge in [0.1, 0.15) is 18.0 Å². The second kappa shape index (κ2) is 8.65. The number of hydrogen-bond acceptors (Lipinski definition) is 4. The van der Waals surface area contributed by atoms with Crippen LogP contribution in [0.5, 0.6) is 5.75 Å². The molecule has 0 aromatic heterocycles. The van der Waals surface area contributed by atoms with Crippen molar-refractivity contribution in [2.45, 2.75) is 65.2 Å². The number of carboxylic acids is 1. The normalized spacial score (nSPS) is 22.5. The molecule has 2 aromatic rings. The van der Waals surface area contributed by atoms with Gasteiger partial charge in [0.15, 0.2) is 0 Å². The smallest absolute Gasteiger partial charge is 0.306 e. The van der Waals surface area contributed by atoms with Gasteiger partial charge in [0, 0.05) is 16.6 Å². The first-order chi connectivity index (χ1) is 15.5. The lowest BCUT2D eigenvalue weighted by Gasteiger charge is -2.45. The van der Waals surface area contributed by atoms with Crippen LogP contribution >= 0.6 is 11.6 Å². The number of carboxylic acid groups (broad SMARTS) is 1. The summed E-state index contributed by atoms with van der Waals surface area (Å²) in [6.45, 7) is 8.25. The molecule has 176 valence electrons. The van der Waals surface area contributed by atoms with E-state index in [4.69, 9.17) is 21.1 Å². The number of methoxy groups -OCH3 is 1. The molecule has 2 heterocycles. The van der Waals surface area contributed by atoms with Crippen LogP contribution in [0.2, 0.25) is 5.02 Å². The zero-order valence-corrected chi connectivity index (χ0v) is 20.4. The topological polar surface area (TPSA) is 76.1 Å². The highest BCUT2D eigenvalue weighted by molar-refractivity contribution is 6.31. The molecule has 0 fully saturated rings. The summed E-state index contributed by atoms with van der Waals surface area (Å²) in [6, 6.07) is 9.33. The second-order valence-corrected chi connectivity index (χ2v) is 10.3. The molecule has 2 aliphatic rings. The number of nitrogens with zero attached hydrogens (tertiary/aromatic N) is 1. The van der Waals surface area contributed by atoms with E-state index in [1.165, 1.54) is 0 Å². The van der Waals surface area contributed by atoms with Crippen LogP contribution in [0.15, 0.2) is 30.3 Å². The van der Waals surface area contributed by atoms with Crippen LogP contribution in [-0.4, -0.2) is 36.2 Å². The molecule has 0 aliphatic carbocycles. The van der Waals surface area contributed by atoms with Gasteiger partial charge in [-0.05, 0) is 60.1 Å². The molecule has 0 saturated carbocycles. The number of aryl methyl sites for hydroxylation is 1. The van der Waals surface area contributed by atoms with Gasteiger partial charge < -0.3 is 19.5 Å². The highest BCUT2D eigenvalue weighted by Gasteiger charge is 2.46. The maximum absolute atomic E-state index is 13.9. The number of ether oxygens (including phenoxy) is 2. The van der Waals surface area contributed by atoms with Crippen LogP contribution in [0.4, 0.5) is 5.69 Å². The summed E-state index contributed by atoms with van der Waals surface area (Å²) in [7, 11) is 1.60. The van der Waals surface area contributed by atoms with E-state index in [0.29, 0.717) is 10.8 Å². The molecule has 1 N–H and O–H groups in total. The molecule has 1 amide bonds. The first kappa shape index (κ1) is 23.6. The molecule has 2 aromatic carbocycles. The Bertz CT molecular complexity index is 1110. The second-order valence-electron chi connectivity index (χ2n) is 9.91. The maximum atomic E-state index is 13.9. The molecule has 0 radical (unpaired) electrons. The van der Waals surface area contributed by atoms with Crippen molar-refractivity contribution >= 4 is 29.2 Å². The summed E-state index contributed by atoms with van der Waals surface area (Å²) in [5, 5.41) is 10.2. The maximum Gasteiger partial charge on any atom is 0.306 e. The Hall–Kier alpha value is -2.57. The third-order valence-electron chi connectivity index (χ3n) is 6.71. The molecule has 0 bridgehead atoms. The zero-order valence-electron chi connectivity index (χ0n) is 19.6. The van der Waals surface area contributed by atoms with E-state index in [1.807, 2.05) is 37.3 Å². The fourth-order valence-corrected chi connectivity index (χ4v) is 5.40. The van der Waals surface area contributed by atoms with Gasteiger partial charge in [-0.15, -0.1) is 0 Å². The van der Waals surface area contributed by atoms with Gasteiger partial charge in [0.2, 0.25) is 0 Å². The SMILES string of the molecule is COc1cccc([C@H]2O[C@H](CC(=O)O)C(=O)N3c4c(cc(Cl)cc42)CC[C@H]3C(C)(C)C)c1C. The summed E-state index contributed by atoms with van der Waals surface area (Å²) in [5.74, 6) is -0.699. The molecule has 0 unspecified atom stereocenters. The molecular formula is C26H30ClNO5. The third-order valence-corrected chi connectivity index (χ3v) is 6.92. The molecule has 0 spiro atoms. The van der Waals surface area contributed by atoms with E-state index in [9.17, 15) is 14.7 Å². The van der Waals surface area contributed by atoms with Gasteiger partial charge in [0.25, 0.3) is 5.91 Å². The van der Waals surface area contributed by atoms with Crippen molar-refractivity contribution in [3.8, 4) is 5.75 Å². The quantitative estimate of drug-likeness (QED) is 0.653. The van der Waals surface area contributed by atoms with Crippen molar-refractivity contribution in [3.05, 3.63) is 57.6 Å². The lowest BCUT2D eigenvalue weighted by molar-refractivity contribution is -0.147. The summed E-state index contributed by atoms with van der Waals surface area (Å²) >= 11 is 6.54. The molecule has 0 saturated heterocycles. The van der Waals surface area contributed by atoms with E-state index in [2.05, 4.69) is 20.8 Å². The predicted octanol–water partition coefficient (Wildman–Crippen LogP) is 5.31. The van der Waals surface area contributed by atoms with Gasteiger partial charge in [-0.25, -0.2) is 0 Å². The van der Waals surface area contributed by atoms with Crippen molar-refractivity contribution in [3.63, 3.8) is 0 Å². The van der Waals surface area contributed by atoms with Crippen LogP contribution in [0.25, 0.3) is 0 Å². The van der Waals surface area contributed by atoms with Crippen LogP contribution in [0.1, 0.15) is 62.0 Å². The van der Waals surface area contributed by atoms with E-state index in [0.717, 1.165) is 40.8 Å². The fourth-order valence-electron chi connectivity index (χ4n) is 5.15. The minimum atomic E-state index is -1.12. The van der Waals surface area contributed by atoms with Crippen LogP contribution < -0.4 is 9.64 Å². The Morgan fingerprint density at radius 1 is 1.27 bits per heavy atom. The van der Waals surface area contributed by atoms with Gasteiger partial charge in [-0.2, -0.15) is 0 Å². The zero-order chi connectivity index (χ0) is 24.1. The van der Waals surface area contributed by atoms with Crippen molar-refractivity contribution < 1.29 is 24.2 Å². The number of rotatable bonds is 4. The molecular weight excluding hydrogens is 442 g/mol. The number of carbonyl (C=O) groups is 2. The van der Waals surface area contributed by atoms with Crippen LogP contribution in [0.3, 0.4) is 0 Å². The monoisotopic (exact) mass is 471 g/mol. The van der Waals surface area contributed by atoms with E-state index in [1.54, 1.807) is 12.0 Å². The molecule has 2 aliphatic heterocycles. The van der Waals surface area contributed by atoms with Crippen molar-refractivity contribution in [2.24, 2.45) is 5.41 Å². The Labute approximate surface area is 199 Å². The third kappa shape index (κ3) is 4.22. The minimum Gasteiger partial charge on any atom is -0.496 e. The average molecular weight is 472 g/mol. The van der Waals surface area contributed by atoms with Gasteiger partial charge in [0.05, 0.1) is 19.2 Å². The fraction of sp³-hybridized carbons (Fsp3) is 0.462. The number of aliphatic carboxylic acids is 1. The Morgan fingerprint density at radius 2 is 2.00 bits per heavy atom. The number of halogens is 1. The number of benzene rings is 2. The number of anilines is 1. The molecule has 33 heavy (non-hydrogen) atoms. The Kier molecular flexibility index (Phi) is 6.18. The largest absolute Gasteiger partial charge is 0.496 e. The number of carbonyl (C=O) groups excluding carboxylic acids is 1. The minimum absolute atomic E-state index is 0.0949. The van der Waals surface area contributed by atoms with Gasteiger partial charge in [-0.1, -0.05) is 44.5 Å².